The number of carbonyl (C=O) groups excluding carboxylic acids is 5. The Balaban J connectivity index is 1.16. The van der Waals surface area contributed by atoms with E-state index in [1.165, 1.54) is 48.5 Å². The average molecular weight is 593 g/mol. The Morgan fingerprint density at radius 3 is 1.73 bits per heavy atom. The Labute approximate surface area is 247 Å². The van der Waals surface area contributed by atoms with Crippen molar-refractivity contribution in [1.29, 1.82) is 0 Å². The lowest BCUT2D eigenvalue weighted by atomic mass is 10.1. The second-order valence-corrected chi connectivity index (χ2v) is 9.48. The molecule has 14 heteroatoms. The van der Waals surface area contributed by atoms with Crippen LogP contribution in [-0.4, -0.2) is 56.5 Å². The zero-order valence-corrected chi connectivity index (χ0v) is 22.4. The first-order valence-electron chi connectivity index (χ1n) is 12.9. The minimum absolute atomic E-state index is 0.101. The van der Waals surface area contributed by atoms with Gasteiger partial charge in [-0.2, -0.15) is 15.2 Å². The first kappa shape index (κ1) is 27.6. The van der Waals surface area contributed by atoms with Crippen molar-refractivity contribution in [2.45, 2.75) is 0 Å². The number of phenols is 2. The van der Waals surface area contributed by atoms with E-state index in [1.54, 1.807) is 36.4 Å². The third-order valence-electron chi connectivity index (χ3n) is 6.69. The maximum absolute atomic E-state index is 12.9. The number of imide groups is 1. The summed E-state index contributed by atoms with van der Waals surface area (Å²) >= 11 is 0. The summed E-state index contributed by atoms with van der Waals surface area (Å²) in [6.45, 7) is -0.245. The summed E-state index contributed by atoms with van der Waals surface area (Å²) in [4.78, 5) is 63.7. The van der Waals surface area contributed by atoms with Crippen LogP contribution < -0.4 is 15.6 Å². The van der Waals surface area contributed by atoms with Crippen LogP contribution in [0.1, 0.15) is 51.8 Å². The lowest BCUT2D eigenvalue weighted by Gasteiger charge is -2.28. The van der Waals surface area contributed by atoms with Gasteiger partial charge in [-0.15, -0.1) is 0 Å². The summed E-state index contributed by atoms with van der Waals surface area (Å²) in [7, 11) is 0. The molecule has 0 radical (unpaired) electrons. The topological polar surface area (TPSA) is 190 Å². The van der Waals surface area contributed by atoms with Gasteiger partial charge in [0.05, 0.1) is 39.2 Å². The van der Waals surface area contributed by atoms with Gasteiger partial charge in [-0.05, 0) is 60.7 Å². The Kier molecular flexibility index (Phi) is 6.91. The van der Waals surface area contributed by atoms with Gasteiger partial charge < -0.3 is 14.9 Å². The number of hydrogen-bond acceptors (Lipinski definition) is 10. The predicted octanol–water partition coefficient (Wildman–Crippen LogP) is 3.59. The van der Waals surface area contributed by atoms with E-state index in [9.17, 15) is 34.2 Å². The number of hydrogen-bond donors (Lipinski definition) is 4. The number of carbonyl (C=O) groups is 5. The van der Waals surface area contributed by atoms with E-state index in [2.05, 4.69) is 21.1 Å². The number of fused-ring (bicyclic) bond motifs is 2. The van der Waals surface area contributed by atoms with Gasteiger partial charge in [0.15, 0.2) is 6.73 Å². The number of azo groups is 1. The summed E-state index contributed by atoms with van der Waals surface area (Å²) in [6.07, 6.45) is 0. The van der Waals surface area contributed by atoms with Gasteiger partial charge in [-0.1, -0.05) is 24.3 Å². The Bertz CT molecular complexity index is 1890. The van der Waals surface area contributed by atoms with E-state index in [0.717, 1.165) is 5.01 Å². The van der Waals surface area contributed by atoms with Crippen molar-refractivity contribution in [3.63, 3.8) is 0 Å². The van der Waals surface area contributed by atoms with Crippen LogP contribution >= 0.6 is 0 Å². The highest BCUT2D eigenvalue weighted by molar-refractivity contribution is 6.22. The van der Waals surface area contributed by atoms with Crippen LogP contribution in [0.4, 0.5) is 11.4 Å². The molecule has 218 valence electrons. The predicted molar refractivity (Wildman–Crippen MR) is 150 cm³/mol. The van der Waals surface area contributed by atoms with Crippen LogP contribution in [0.2, 0.25) is 0 Å². The first-order chi connectivity index (χ1) is 21.2. The molecule has 4 aromatic rings. The van der Waals surface area contributed by atoms with E-state index in [1.807, 2.05) is 0 Å². The second-order valence-electron chi connectivity index (χ2n) is 9.48. The maximum Gasteiger partial charge on any atom is 0.280 e. The van der Waals surface area contributed by atoms with Crippen LogP contribution in [0.25, 0.3) is 0 Å². The fourth-order valence-corrected chi connectivity index (χ4v) is 4.48. The summed E-state index contributed by atoms with van der Waals surface area (Å²) in [5.74, 6) is -4.14. The van der Waals surface area contributed by atoms with E-state index in [-0.39, 0.29) is 51.7 Å². The fraction of sp³-hybridized carbons (Fsp3) is 0.0333. The van der Waals surface area contributed by atoms with Crippen LogP contribution in [0.5, 0.6) is 17.2 Å². The van der Waals surface area contributed by atoms with Gasteiger partial charge >= 0.3 is 0 Å². The van der Waals surface area contributed by atoms with Crippen molar-refractivity contribution in [2.75, 3.05) is 6.73 Å². The van der Waals surface area contributed by atoms with Crippen LogP contribution in [0, 0.1) is 0 Å². The number of benzene rings is 4. The largest absolute Gasteiger partial charge is 0.507 e. The molecule has 0 atom stereocenters. The van der Waals surface area contributed by atoms with E-state index >= 15 is 0 Å². The monoisotopic (exact) mass is 592 g/mol. The molecule has 5 amide bonds. The SMILES string of the molecule is O=C(NN1COc2ccccc2C1=O)c1cc(N=Nc2ccc(O)c(C(=O)NN3C(=O)c4ccccc4C3=O)c2)ccc1O. The Hall–Kier alpha value is -6.57. The molecule has 0 fully saturated rings. The molecule has 0 spiro atoms. The fourth-order valence-electron chi connectivity index (χ4n) is 4.48. The van der Waals surface area contributed by atoms with E-state index in [0.29, 0.717) is 10.8 Å². The molecule has 2 aliphatic rings. The van der Waals surface area contributed by atoms with Crippen molar-refractivity contribution >= 4 is 40.9 Å². The number of rotatable bonds is 6. The van der Waals surface area contributed by atoms with Crippen molar-refractivity contribution in [3.05, 3.63) is 113 Å². The molecule has 14 nitrogen and oxygen atoms in total. The lowest BCUT2D eigenvalue weighted by Crippen LogP contribution is -2.50. The standard InChI is InChI=1S/C30H20N6O8/c37-23-11-9-16(13-21(23)26(39)33-35-15-44-25-8-4-3-7-20(25)28(35)41)31-32-17-10-12-24(38)22(14-17)27(40)34-36-29(42)18-5-1-2-6-19(18)30(36)43/h1-14,37-38H,15H2,(H,33,39)(H,34,40). The van der Waals surface area contributed by atoms with Crippen molar-refractivity contribution in [2.24, 2.45) is 10.2 Å². The molecule has 2 heterocycles. The van der Waals surface area contributed by atoms with Crippen molar-refractivity contribution in [1.82, 2.24) is 20.9 Å². The molecule has 2 aliphatic heterocycles. The number of amides is 5. The molecular weight excluding hydrogens is 572 g/mol. The number of nitrogens with one attached hydrogen (secondary N) is 2. The number of para-hydroxylation sites is 1. The summed E-state index contributed by atoms with van der Waals surface area (Å²) in [5.41, 5.74) is 4.86. The zero-order valence-electron chi connectivity index (χ0n) is 22.4. The summed E-state index contributed by atoms with van der Waals surface area (Å²) in [6, 6.07) is 20.2. The number of ether oxygens (including phenoxy) is 1. The highest BCUT2D eigenvalue weighted by Crippen LogP contribution is 2.29. The molecule has 0 aliphatic carbocycles. The third-order valence-corrected chi connectivity index (χ3v) is 6.69. The third kappa shape index (κ3) is 5.02. The maximum atomic E-state index is 12.9. The molecule has 0 bridgehead atoms. The van der Waals surface area contributed by atoms with Gasteiger partial charge in [0.25, 0.3) is 29.5 Å². The first-order valence-corrected chi connectivity index (χ1v) is 12.9. The van der Waals surface area contributed by atoms with Crippen molar-refractivity contribution < 1.29 is 38.9 Å². The van der Waals surface area contributed by atoms with Gasteiger partial charge in [0.1, 0.15) is 17.2 Å². The molecule has 4 aromatic carbocycles. The second kappa shape index (κ2) is 11.0. The molecule has 0 aromatic heterocycles. The Morgan fingerprint density at radius 2 is 1.16 bits per heavy atom. The number of nitrogens with zero attached hydrogens (tertiary/aromatic N) is 4. The molecular formula is C30H20N6O8. The summed E-state index contributed by atoms with van der Waals surface area (Å²) < 4.78 is 5.49. The molecule has 6 rings (SSSR count). The molecule has 0 saturated heterocycles. The number of phenolic OH excluding ortho intramolecular Hbond substituents is 2. The zero-order chi connectivity index (χ0) is 31.0. The molecule has 4 N–H and O–H groups in total. The minimum Gasteiger partial charge on any atom is -0.507 e. The van der Waals surface area contributed by atoms with E-state index < -0.39 is 35.3 Å². The highest BCUT2D eigenvalue weighted by Gasteiger charge is 2.37. The van der Waals surface area contributed by atoms with Crippen LogP contribution in [-0.2, 0) is 0 Å². The van der Waals surface area contributed by atoms with Crippen LogP contribution in [0.3, 0.4) is 0 Å². The smallest absolute Gasteiger partial charge is 0.280 e. The van der Waals surface area contributed by atoms with Gasteiger partial charge in [-0.25, -0.2) is 5.01 Å². The van der Waals surface area contributed by atoms with Gasteiger partial charge in [-0.3, -0.25) is 34.8 Å². The number of hydrazine groups is 2. The van der Waals surface area contributed by atoms with E-state index in [4.69, 9.17) is 4.74 Å². The average Bonchev–Trinajstić information content (AvgIpc) is 3.27. The van der Waals surface area contributed by atoms with Crippen molar-refractivity contribution in [3.8, 4) is 17.2 Å². The number of aromatic hydroxyl groups is 2. The Morgan fingerprint density at radius 1 is 0.659 bits per heavy atom. The van der Waals surface area contributed by atoms with Gasteiger partial charge in [0.2, 0.25) is 0 Å². The molecule has 44 heavy (non-hydrogen) atoms. The molecule has 0 saturated carbocycles. The van der Waals surface area contributed by atoms with Crippen LogP contribution in [0.15, 0.2) is 95.2 Å². The lowest BCUT2D eigenvalue weighted by molar-refractivity contribution is 0.0318. The summed E-state index contributed by atoms with van der Waals surface area (Å²) in [5, 5.41) is 30.1. The minimum atomic E-state index is -0.948. The highest BCUT2D eigenvalue weighted by atomic mass is 16.5. The quantitative estimate of drug-likeness (QED) is 0.193. The normalized spacial score (nSPS) is 13.9. The van der Waals surface area contributed by atoms with Gasteiger partial charge in [0, 0.05) is 0 Å². The molecule has 0 unspecified atom stereocenters.